The average Bonchev–Trinajstić information content (AvgIpc) is 3.20. The third-order valence-electron chi connectivity index (χ3n) is 4.43. The fourth-order valence-electron chi connectivity index (χ4n) is 2.88. The summed E-state index contributed by atoms with van der Waals surface area (Å²) < 4.78 is 0. The molecule has 0 bridgehead atoms. The van der Waals surface area contributed by atoms with Crippen molar-refractivity contribution in [2.45, 2.75) is 50.0 Å². The monoisotopic (exact) mass is 215 g/mol. The van der Waals surface area contributed by atoms with Crippen LogP contribution in [0.2, 0.25) is 0 Å². The number of hydrogen-bond acceptors (Lipinski definition) is 1. The lowest BCUT2D eigenvalue weighted by Crippen LogP contribution is -2.34. The Morgan fingerprint density at radius 3 is 2.44 bits per heavy atom. The molecule has 2 fully saturated rings. The largest absolute Gasteiger partial charge is 0.327 e. The van der Waals surface area contributed by atoms with E-state index in [9.17, 15) is 0 Å². The molecule has 16 heavy (non-hydrogen) atoms. The minimum atomic E-state index is 0.343. The van der Waals surface area contributed by atoms with E-state index in [1.165, 1.54) is 44.1 Å². The molecule has 1 nitrogen and oxygen atoms in total. The summed E-state index contributed by atoms with van der Waals surface area (Å²) in [5.41, 5.74) is 8.24. The van der Waals surface area contributed by atoms with Crippen LogP contribution < -0.4 is 5.73 Å². The van der Waals surface area contributed by atoms with Crippen LogP contribution >= 0.6 is 0 Å². The van der Waals surface area contributed by atoms with E-state index >= 15 is 0 Å². The van der Waals surface area contributed by atoms with Crippen LogP contribution in [0, 0.1) is 5.92 Å². The minimum absolute atomic E-state index is 0.343. The molecule has 3 rings (SSSR count). The van der Waals surface area contributed by atoms with Gasteiger partial charge in [-0.2, -0.15) is 0 Å². The Bertz CT molecular complexity index is 349. The molecule has 1 aromatic carbocycles. The molecule has 0 heterocycles. The van der Waals surface area contributed by atoms with E-state index < -0.39 is 0 Å². The van der Waals surface area contributed by atoms with Gasteiger partial charge in [-0.3, -0.25) is 0 Å². The predicted molar refractivity (Wildman–Crippen MR) is 67.3 cm³/mol. The van der Waals surface area contributed by atoms with Gasteiger partial charge in [0.2, 0.25) is 0 Å². The van der Waals surface area contributed by atoms with E-state index in [0.717, 1.165) is 5.92 Å². The van der Waals surface area contributed by atoms with Crippen LogP contribution in [0.15, 0.2) is 30.3 Å². The zero-order valence-corrected chi connectivity index (χ0v) is 9.86. The highest BCUT2D eigenvalue weighted by Crippen LogP contribution is 2.51. The second-order valence-electron chi connectivity index (χ2n) is 5.65. The smallest absolute Gasteiger partial charge is 0.0136 e. The first-order valence-electron chi connectivity index (χ1n) is 6.62. The Morgan fingerprint density at radius 2 is 1.88 bits per heavy atom. The summed E-state index contributed by atoms with van der Waals surface area (Å²) in [6, 6.07) is 11.3. The van der Waals surface area contributed by atoms with Crippen molar-refractivity contribution in [2.24, 2.45) is 11.7 Å². The van der Waals surface area contributed by atoms with Gasteiger partial charge in [0.15, 0.2) is 0 Å². The SMILES string of the molecule is NC(CCC1CC1)C1(c2ccccc2)CC1. The van der Waals surface area contributed by atoms with Gasteiger partial charge >= 0.3 is 0 Å². The van der Waals surface area contributed by atoms with E-state index in [0.29, 0.717) is 11.5 Å². The maximum absolute atomic E-state index is 6.42. The summed E-state index contributed by atoms with van der Waals surface area (Å²) in [7, 11) is 0. The van der Waals surface area contributed by atoms with Crippen molar-refractivity contribution in [2.75, 3.05) is 0 Å². The molecule has 0 aromatic heterocycles. The molecule has 2 N–H and O–H groups in total. The number of benzene rings is 1. The molecule has 0 aliphatic heterocycles. The van der Waals surface area contributed by atoms with E-state index in [4.69, 9.17) is 5.73 Å². The van der Waals surface area contributed by atoms with E-state index in [1.54, 1.807) is 0 Å². The van der Waals surface area contributed by atoms with Gasteiger partial charge in [-0.05, 0) is 37.2 Å². The van der Waals surface area contributed by atoms with E-state index in [-0.39, 0.29) is 0 Å². The lowest BCUT2D eigenvalue weighted by Gasteiger charge is -2.24. The maximum atomic E-state index is 6.42. The summed E-state index contributed by atoms with van der Waals surface area (Å²) >= 11 is 0. The summed E-state index contributed by atoms with van der Waals surface area (Å²) in [6.07, 6.45) is 8.07. The van der Waals surface area contributed by atoms with Crippen LogP contribution in [0.3, 0.4) is 0 Å². The molecule has 0 spiro atoms. The summed E-state index contributed by atoms with van der Waals surface area (Å²) in [4.78, 5) is 0. The highest BCUT2D eigenvalue weighted by molar-refractivity contribution is 5.33. The van der Waals surface area contributed by atoms with Gasteiger partial charge in [0.1, 0.15) is 0 Å². The summed E-state index contributed by atoms with van der Waals surface area (Å²) in [5, 5.41) is 0. The highest BCUT2D eigenvalue weighted by Gasteiger charge is 2.48. The Kier molecular flexibility index (Phi) is 2.51. The van der Waals surface area contributed by atoms with Crippen molar-refractivity contribution < 1.29 is 0 Å². The lowest BCUT2D eigenvalue weighted by atomic mass is 9.85. The average molecular weight is 215 g/mol. The Hall–Kier alpha value is -0.820. The first-order valence-corrected chi connectivity index (χ1v) is 6.62. The summed E-state index contributed by atoms with van der Waals surface area (Å²) in [5.74, 6) is 1.01. The summed E-state index contributed by atoms with van der Waals surface area (Å²) in [6.45, 7) is 0. The van der Waals surface area contributed by atoms with Gasteiger partial charge in [0, 0.05) is 11.5 Å². The number of hydrogen-bond donors (Lipinski definition) is 1. The maximum Gasteiger partial charge on any atom is 0.0136 e. The predicted octanol–water partition coefficient (Wildman–Crippen LogP) is 3.24. The van der Waals surface area contributed by atoms with Crippen molar-refractivity contribution in [3.63, 3.8) is 0 Å². The van der Waals surface area contributed by atoms with Gasteiger partial charge < -0.3 is 5.73 Å². The van der Waals surface area contributed by atoms with Crippen molar-refractivity contribution in [3.05, 3.63) is 35.9 Å². The second-order valence-corrected chi connectivity index (χ2v) is 5.65. The molecule has 0 amide bonds. The first kappa shape index (κ1) is 10.3. The zero-order valence-electron chi connectivity index (χ0n) is 9.86. The number of rotatable bonds is 5. The molecule has 86 valence electrons. The van der Waals surface area contributed by atoms with Crippen LogP contribution in [0.5, 0.6) is 0 Å². The Labute approximate surface area is 98.0 Å². The Morgan fingerprint density at radius 1 is 1.19 bits per heavy atom. The van der Waals surface area contributed by atoms with E-state index in [1.807, 2.05) is 0 Å². The normalized spacial score (nSPS) is 24.1. The van der Waals surface area contributed by atoms with Gasteiger partial charge in [-0.25, -0.2) is 0 Å². The van der Waals surface area contributed by atoms with Crippen LogP contribution in [0.25, 0.3) is 0 Å². The first-order chi connectivity index (χ1) is 7.81. The van der Waals surface area contributed by atoms with Crippen LogP contribution in [-0.2, 0) is 5.41 Å². The molecular weight excluding hydrogens is 194 g/mol. The second kappa shape index (κ2) is 3.89. The lowest BCUT2D eigenvalue weighted by molar-refractivity contribution is 0.457. The fraction of sp³-hybridized carbons (Fsp3) is 0.600. The minimum Gasteiger partial charge on any atom is -0.327 e. The third-order valence-corrected chi connectivity index (χ3v) is 4.43. The molecule has 2 saturated carbocycles. The van der Waals surface area contributed by atoms with E-state index in [2.05, 4.69) is 30.3 Å². The van der Waals surface area contributed by atoms with Crippen LogP contribution in [0.1, 0.15) is 44.1 Å². The standard InChI is InChI=1S/C15H21N/c16-14(9-8-12-6-7-12)15(10-11-15)13-4-2-1-3-5-13/h1-5,12,14H,6-11,16H2. The van der Waals surface area contributed by atoms with Crippen molar-refractivity contribution in [1.82, 2.24) is 0 Å². The molecule has 0 saturated heterocycles. The van der Waals surface area contributed by atoms with Gasteiger partial charge in [0.25, 0.3) is 0 Å². The topological polar surface area (TPSA) is 26.0 Å². The van der Waals surface area contributed by atoms with Crippen LogP contribution in [0.4, 0.5) is 0 Å². The van der Waals surface area contributed by atoms with Crippen molar-refractivity contribution in [3.8, 4) is 0 Å². The molecule has 1 unspecified atom stereocenters. The molecule has 1 atom stereocenters. The molecule has 1 aromatic rings. The van der Waals surface area contributed by atoms with Crippen molar-refractivity contribution in [1.29, 1.82) is 0 Å². The molecular formula is C15H21N. The van der Waals surface area contributed by atoms with Gasteiger partial charge in [-0.15, -0.1) is 0 Å². The zero-order chi connectivity index (χ0) is 11.0. The van der Waals surface area contributed by atoms with Crippen molar-refractivity contribution >= 4 is 0 Å². The van der Waals surface area contributed by atoms with Gasteiger partial charge in [0.05, 0.1) is 0 Å². The molecule has 2 aliphatic carbocycles. The van der Waals surface area contributed by atoms with Gasteiger partial charge in [-0.1, -0.05) is 43.2 Å². The molecule has 0 radical (unpaired) electrons. The fourth-order valence-corrected chi connectivity index (χ4v) is 2.88. The molecule has 1 heteroatoms. The Balaban J connectivity index is 1.67. The highest BCUT2D eigenvalue weighted by atomic mass is 14.7. The number of nitrogens with two attached hydrogens (primary N) is 1. The quantitative estimate of drug-likeness (QED) is 0.801. The molecule has 2 aliphatic rings. The van der Waals surface area contributed by atoms with Crippen LogP contribution in [-0.4, -0.2) is 6.04 Å². The third kappa shape index (κ3) is 1.89.